The summed E-state index contributed by atoms with van der Waals surface area (Å²) in [5.41, 5.74) is 3.88. The molecule has 2 unspecified atom stereocenters. The quantitative estimate of drug-likeness (QED) is 0.530. The van der Waals surface area contributed by atoms with Crippen LogP contribution in [-0.2, 0) is 11.2 Å². The third kappa shape index (κ3) is 3.14. The Kier molecular flexibility index (Phi) is 4.65. The van der Waals surface area contributed by atoms with Crippen molar-refractivity contribution in [2.75, 3.05) is 6.61 Å². The molecule has 0 aromatic carbocycles. The van der Waals surface area contributed by atoms with Gasteiger partial charge in [-0.1, -0.05) is 0 Å². The Bertz CT molecular complexity index is 236. The standard InChI is InChI=1S/C10H18N2O2/c1-3-14-8(2)10(12-11)6-9-4-5-13-7-9/h4-5,7-8,10,12H,3,6,11H2,1-2H3. The number of ether oxygens (including phenoxy) is 1. The van der Waals surface area contributed by atoms with Gasteiger partial charge in [0.25, 0.3) is 0 Å². The minimum atomic E-state index is 0.0971. The molecule has 0 aliphatic carbocycles. The summed E-state index contributed by atoms with van der Waals surface area (Å²) in [5.74, 6) is 5.46. The molecule has 0 saturated carbocycles. The molecule has 0 spiro atoms. The molecule has 80 valence electrons. The van der Waals surface area contributed by atoms with Gasteiger partial charge in [-0.15, -0.1) is 0 Å². The van der Waals surface area contributed by atoms with Crippen LogP contribution in [0.3, 0.4) is 0 Å². The van der Waals surface area contributed by atoms with E-state index in [1.165, 1.54) is 0 Å². The normalized spacial score (nSPS) is 15.4. The topological polar surface area (TPSA) is 60.4 Å². The highest BCUT2D eigenvalue weighted by Gasteiger charge is 2.16. The maximum Gasteiger partial charge on any atom is 0.0935 e. The van der Waals surface area contributed by atoms with Gasteiger partial charge >= 0.3 is 0 Å². The fraction of sp³-hybridized carbons (Fsp3) is 0.600. The van der Waals surface area contributed by atoms with Gasteiger partial charge in [0.05, 0.1) is 24.7 Å². The van der Waals surface area contributed by atoms with E-state index in [0.29, 0.717) is 6.61 Å². The maximum absolute atomic E-state index is 5.47. The lowest BCUT2D eigenvalue weighted by molar-refractivity contribution is 0.0476. The summed E-state index contributed by atoms with van der Waals surface area (Å²) in [6, 6.07) is 2.05. The monoisotopic (exact) mass is 198 g/mol. The molecule has 0 bridgehead atoms. The number of hydrazine groups is 1. The molecular formula is C10H18N2O2. The first kappa shape index (κ1) is 11.2. The van der Waals surface area contributed by atoms with Crippen molar-refractivity contribution in [3.63, 3.8) is 0 Å². The van der Waals surface area contributed by atoms with Crippen molar-refractivity contribution < 1.29 is 9.15 Å². The molecule has 2 atom stereocenters. The molecule has 1 heterocycles. The van der Waals surface area contributed by atoms with E-state index in [2.05, 4.69) is 5.43 Å². The molecular weight excluding hydrogens is 180 g/mol. The minimum absolute atomic E-state index is 0.0971. The highest BCUT2D eigenvalue weighted by atomic mass is 16.5. The molecule has 0 saturated heterocycles. The molecule has 0 amide bonds. The number of rotatable bonds is 6. The van der Waals surface area contributed by atoms with Crippen LogP contribution < -0.4 is 11.3 Å². The highest BCUT2D eigenvalue weighted by molar-refractivity contribution is 5.07. The fourth-order valence-electron chi connectivity index (χ4n) is 1.40. The lowest BCUT2D eigenvalue weighted by Crippen LogP contribution is -2.45. The molecule has 1 aromatic heterocycles. The van der Waals surface area contributed by atoms with Crippen LogP contribution in [-0.4, -0.2) is 18.8 Å². The first-order valence-electron chi connectivity index (χ1n) is 4.86. The highest BCUT2D eigenvalue weighted by Crippen LogP contribution is 2.08. The molecule has 0 aliphatic heterocycles. The van der Waals surface area contributed by atoms with Gasteiger partial charge in [0, 0.05) is 6.61 Å². The summed E-state index contributed by atoms with van der Waals surface area (Å²) in [7, 11) is 0. The van der Waals surface area contributed by atoms with Gasteiger partial charge in [-0.3, -0.25) is 11.3 Å². The van der Waals surface area contributed by atoms with Crippen LogP contribution in [0, 0.1) is 0 Å². The van der Waals surface area contributed by atoms with Gasteiger partial charge < -0.3 is 9.15 Å². The molecule has 1 rings (SSSR count). The van der Waals surface area contributed by atoms with Crippen molar-refractivity contribution >= 4 is 0 Å². The van der Waals surface area contributed by atoms with E-state index < -0.39 is 0 Å². The first-order valence-corrected chi connectivity index (χ1v) is 4.86. The van der Waals surface area contributed by atoms with E-state index in [1.807, 2.05) is 19.9 Å². The zero-order valence-electron chi connectivity index (χ0n) is 8.69. The number of nitrogens with two attached hydrogens (primary N) is 1. The van der Waals surface area contributed by atoms with Crippen LogP contribution in [0.4, 0.5) is 0 Å². The second kappa shape index (κ2) is 5.80. The van der Waals surface area contributed by atoms with E-state index in [4.69, 9.17) is 15.0 Å². The summed E-state index contributed by atoms with van der Waals surface area (Å²) in [6.07, 6.45) is 4.30. The van der Waals surface area contributed by atoms with Crippen molar-refractivity contribution in [2.45, 2.75) is 32.4 Å². The fourth-order valence-corrected chi connectivity index (χ4v) is 1.40. The molecule has 1 aromatic rings. The van der Waals surface area contributed by atoms with E-state index >= 15 is 0 Å². The largest absolute Gasteiger partial charge is 0.472 e. The predicted octanol–water partition coefficient (Wildman–Crippen LogP) is 1.08. The Morgan fingerprint density at radius 1 is 1.64 bits per heavy atom. The smallest absolute Gasteiger partial charge is 0.0935 e. The van der Waals surface area contributed by atoms with Gasteiger partial charge in [-0.05, 0) is 31.9 Å². The first-order chi connectivity index (χ1) is 6.77. The van der Waals surface area contributed by atoms with Gasteiger partial charge in [-0.2, -0.15) is 0 Å². The number of furan rings is 1. The van der Waals surface area contributed by atoms with Crippen LogP contribution in [0.1, 0.15) is 19.4 Å². The average Bonchev–Trinajstić information content (AvgIpc) is 2.66. The van der Waals surface area contributed by atoms with Gasteiger partial charge in [0.1, 0.15) is 0 Å². The molecule has 3 N–H and O–H groups in total. The van der Waals surface area contributed by atoms with E-state index in [1.54, 1.807) is 12.5 Å². The van der Waals surface area contributed by atoms with Gasteiger partial charge in [0.2, 0.25) is 0 Å². The second-order valence-corrected chi connectivity index (χ2v) is 3.27. The molecule has 14 heavy (non-hydrogen) atoms. The summed E-state index contributed by atoms with van der Waals surface area (Å²) in [6.45, 7) is 4.68. The van der Waals surface area contributed by atoms with Crippen molar-refractivity contribution in [2.24, 2.45) is 5.84 Å². The second-order valence-electron chi connectivity index (χ2n) is 3.27. The lowest BCUT2D eigenvalue weighted by atomic mass is 10.1. The van der Waals surface area contributed by atoms with Crippen LogP contribution in [0.25, 0.3) is 0 Å². The molecule has 4 heteroatoms. The van der Waals surface area contributed by atoms with Crippen molar-refractivity contribution in [3.05, 3.63) is 24.2 Å². The molecule has 4 nitrogen and oxygen atoms in total. The Morgan fingerprint density at radius 3 is 2.93 bits per heavy atom. The SMILES string of the molecule is CCOC(C)C(Cc1ccoc1)NN. The van der Waals surface area contributed by atoms with Crippen molar-refractivity contribution in [1.29, 1.82) is 0 Å². The summed E-state index contributed by atoms with van der Waals surface area (Å²) >= 11 is 0. The van der Waals surface area contributed by atoms with E-state index in [9.17, 15) is 0 Å². The Labute approximate surface area is 84.4 Å². The maximum atomic E-state index is 5.47. The Hall–Kier alpha value is -0.840. The number of hydrogen-bond acceptors (Lipinski definition) is 4. The van der Waals surface area contributed by atoms with Crippen LogP contribution in [0.5, 0.6) is 0 Å². The molecule has 0 fully saturated rings. The van der Waals surface area contributed by atoms with Crippen LogP contribution in [0.2, 0.25) is 0 Å². The van der Waals surface area contributed by atoms with E-state index in [0.717, 1.165) is 12.0 Å². The zero-order chi connectivity index (χ0) is 10.4. The van der Waals surface area contributed by atoms with Crippen LogP contribution in [0.15, 0.2) is 23.0 Å². The van der Waals surface area contributed by atoms with Crippen LogP contribution >= 0.6 is 0 Å². The Balaban J connectivity index is 2.46. The molecule has 0 radical (unpaired) electrons. The van der Waals surface area contributed by atoms with Gasteiger partial charge in [-0.25, -0.2) is 0 Å². The predicted molar refractivity (Wildman–Crippen MR) is 54.6 cm³/mol. The van der Waals surface area contributed by atoms with Crippen molar-refractivity contribution in [1.82, 2.24) is 5.43 Å². The average molecular weight is 198 g/mol. The van der Waals surface area contributed by atoms with Gasteiger partial charge in [0.15, 0.2) is 0 Å². The summed E-state index contributed by atoms with van der Waals surface area (Å²) in [5, 5.41) is 0. The number of nitrogens with one attached hydrogen (secondary N) is 1. The third-order valence-electron chi connectivity index (χ3n) is 2.25. The van der Waals surface area contributed by atoms with E-state index in [-0.39, 0.29) is 12.1 Å². The lowest BCUT2D eigenvalue weighted by Gasteiger charge is -2.22. The molecule has 0 aliphatic rings. The number of hydrogen-bond donors (Lipinski definition) is 2. The zero-order valence-corrected chi connectivity index (χ0v) is 8.69. The Morgan fingerprint density at radius 2 is 2.43 bits per heavy atom. The summed E-state index contributed by atoms with van der Waals surface area (Å²) in [4.78, 5) is 0. The minimum Gasteiger partial charge on any atom is -0.472 e. The third-order valence-corrected chi connectivity index (χ3v) is 2.25. The van der Waals surface area contributed by atoms with Crippen molar-refractivity contribution in [3.8, 4) is 0 Å². The summed E-state index contributed by atoms with van der Waals surface area (Å²) < 4.78 is 10.5.